The maximum atomic E-state index is 13.6. The Balaban J connectivity index is 2.08. The number of sulfonamides is 1. The molecule has 1 aromatic carbocycles. The molecule has 21 heavy (non-hydrogen) atoms. The molecule has 2 aromatic rings. The minimum absolute atomic E-state index is 0.114. The second-order valence-electron chi connectivity index (χ2n) is 4.79. The monoisotopic (exact) mass is 312 g/mol. The topological polar surface area (TPSA) is 90.0 Å². The number of hydrogen-bond donors (Lipinski definition) is 2. The van der Waals surface area contributed by atoms with Crippen molar-refractivity contribution >= 4 is 15.7 Å². The van der Waals surface area contributed by atoms with Crippen LogP contribution >= 0.6 is 0 Å². The summed E-state index contributed by atoms with van der Waals surface area (Å²) in [7, 11) is -2.00. The van der Waals surface area contributed by atoms with E-state index in [1.807, 2.05) is 0 Å². The molecule has 0 bridgehead atoms. The van der Waals surface area contributed by atoms with Crippen molar-refractivity contribution in [2.45, 2.75) is 18.2 Å². The standard InChI is InChI=1S/C13H17FN4O2S/c1-9-12(14)5-11(6-13(9)15)21(19,20)17-4-3-10-7-16-18(2)8-10/h5-8,17H,3-4,15H2,1-2H3. The fraction of sp³-hybridized carbons (Fsp3) is 0.308. The van der Waals surface area contributed by atoms with Crippen LogP contribution in [0, 0.1) is 12.7 Å². The van der Waals surface area contributed by atoms with Crippen molar-refractivity contribution in [3.05, 3.63) is 41.5 Å². The van der Waals surface area contributed by atoms with Gasteiger partial charge in [-0.05, 0) is 31.0 Å². The highest BCUT2D eigenvalue weighted by atomic mass is 32.2. The molecule has 6 nitrogen and oxygen atoms in total. The van der Waals surface area contributed by atoms with Crippen LogP contribution < -0.4 is 10.5 Å². The number of benzene rings is 1. The third-order valence-corrected chi connectivity index (χ3v) is 4.57. The molecule has 0 aliphatic carbocycles. The van der Waals surface area contributed by atoms with Crippen LogP contribution in [0.5, 0.6) is 0 Å². The van der Waals surface area contributed by atoms with E-state index in [0.717, 1.165) is 11.6 Å². The predicted molar refractivity (Wildman–Crippen MR) is 77.6 cm³/mol. The van der Waals surface area contributed by atoms with Crippen LogP contribution in [0.4, 0.5) is 10.1 Å². The zero-order valence-electron chi connectivity index (χ0n) is 11.8. The van der Waals surface area contributed by atoms with Crippen molar-refractivity contribution in [1.29, 1.82) is 0 Å². The molecule has 1 aromatic heterocycles. The van der Waals surface area contributed by atoms with Crippen LogP contribution in [0.1, 0.15) is 11.1 Å². The van der Waals surface area contributed by atoms with Crippen LogP contribution in [0.2, 0.25) is 0 Å². The van der Waals surface area contributed by atoms with Gasteiger partial charge in [0.2, 0.25) is 10.0 Å². The number of aromatic nitrogens is 2. The van der Waals surface area contributed by atoms with E-state index in [1.165, 1.54) is 13.0 Å². The zero-order valence-corrected chi connectivity index (χ0v) is 12.6. The number of aryl methyl sites for hydroxylation is 1. The highest BCUT2D eigenvalue weighted by Crippen LogP contribution is 2.20. The number of anilines is 1. The molecule has 0 unspecified atom stereocenters. The summed E-state index contributed by atoms with van der Waals surface area (Å²) in [6.07, 6.45) is 3.96. The number of rotatable bonds is 5. The molecule has 2 rings (SSSR count). The molecule has 0 aliphatic rings. The van der Waals surface area contributed by atoms with Gasteiger partial charge in [0.1, 0.15) is 5.82 Å². The van der Waals surface area contributed by atoms with Crippen LogP contribution in [0.3, 0.4) is 0 Å². The maximum Gasteiger partial charge on any atom is 0.240 e. The fourth-order valence-electron chi connectivity index (χ4n) is 1.84. The van der Waals surface area contributed by atoms with Crippen molar-refractivity contribution in [1.82, 2.24) is 14.5 Å². The van der Waals surface area contributed by atoms with Gasteiger partial charge in [0.15, 0.2) is 0 Å². The Kier molecular flexibility index (Phi) is 4.29. The fourth-order valence-corrected chi connectivity index (χ4v) is 2.92. The molecular formula is C13H17FN4O2S. The average Bonchev–Trinajstić information content (AvgIpc) is 2.81. The van der Waals surface area contributed by atoms with Crippen LogP contribution in [0.15, 0.2) is 29.4 Å². The highest BCUT2D eigenvalue weighted by molar-refractivity contribution is 7.89. The number of nitrogens with one attached hydrogen (secondary N) is 1. The Labute approximate surface area is 122 Å². The van der Waals surface area contributed by atoms with Gasteiger partial charge in [-0.2, -0.15) is 5.10 Å². The molecule has 114 valence electrons. The van der Waals surface area contributed by atoms with Gasteiger partial charge in [0.05, 0.1) is 11.1 Å². The summed E-state index contributed by atoms with van der Waals surface area (Å²) in [5, 5.41) is 4.00. The van der Waals surface area contributed by atoms with E-state index in [1.54, 1.807) is 24.1 Å². The number of nitrogens with zero attached hydrogens (tertiary/aromatic N) is 2. The lowest BCUT2D eigenvalue weighted by molar-refractivity contribution is 0.577. The van der Waals surface area contributed by atoms with E-state index in [4.69, 9.17) is 5.73 Å². The lowest BCUT2D eigenvalue weighted by Crippen LogP contribution is -2.26. The Morgan fingerprint density at radius 1 is 1.43 bits per heavy atom. The molecule has 0 saturated heterocycles. The summed E-state index contributed by atoms with van der Waals surface area (Å²) in [5.74, 6) is -0.636. The van der Waals surface area contributed by atoms with E-state index in [-0.39, 0.29) is 22.7 Å². The molecule has 0 fully saturated rings. The summed E-state index contributed by atoms with van der Waals surface area (Å²) in [4.78, 5) is -0.172. The zero-order chi connectivity index (χ0) is 15.6. The number of nitrogens with two attached hydrogens (primary N) is 1. The molecule has 3 N–H and O–H groups in total. The van der Waals surface area contributed by atoms with Crippen LogP contribution in [0.25, 0.3) is 0 Å². The van der Waals surface area contributed by atoms with E-state index in [2.05, 4.69) is 9.82 Å². The Morgan fingerprint density at radius 2 is 2.14 bits per heavy atom. The summed E-state index contributed by atoms with van der Waals surface area (Å²) in [6, 6.07) is 2.23. The van der Waals surface area contributed by atoms with Crippen LogP contribution in [-0.2, 0) is 23.5 Å². The molecule has 1 heterocycles. The van der Waals surface area contributed by atoms with Gasteiger partial charge < -0.3 is 5.73 Å². The Morgan fingerprint density at radius 3 is 2.71 bits per heavy atom. The van der Waals surface area contributed by atoms with E-state index >= 15 is 0 Å². The van der Waals surface area contributed by atoms with Gasteiger partial charge >= 0.3 is 0 Å². The first-order valence-corrected chi connectivity index (χ1v) is 7.81. The third-order valence-electron chi connectivity index (χ3n) is 3.13. The van der Waals surface area contributed by atoms with Crippen molar-refractivity contribution in [2.24, 2.45) is 7.05 Å². The highest BCUT2D eigenvalue weighted by Gasteiger charge is 2.17. The van der Waals surface area contributed by atoms with Gasteiger partial charge in [-0.3, -0.25) is 4.68 Å². The van der Waals surface area contributed by atoms with Gasteiger partial charge in [-0.15, -0.1) is 0 Å². The second kappa shape index (κ2) is 5.82. The summed E-state index contributed by atoms with van der Waals surface area (Å²) >= 11 is 0. The first-order valence-electron chi connectivity index (χ1n) is 6.32. The molecule has 0 aliphatic heterocycles. The van der Waals surface area contributed by atoms with E-state index in [0.29, 0.717) is 6.42 Å². The van der Waals surface area contributed by atoms with Crippen molar-refractivity contribution in [2.75, 3.05) is 12.3 Å². The summed E-state index contributed by atoms with van der Waals surface area (Å²) < 4.78 is 41.8. The molecule has 0 radical (unpaired) electrons. The molecular weight excluding hydrogens is 295 g/mol. The number of hydrogen-bond acceptors (Lipinski definition) is 4. The van der Waals surface area contributed by atoms with Crippen molar-refractivity contribution < 1.29 is 12.8 Å². The molecule has 0 saturated carbocycles. The maximum absolute atomic E-state index is 13.6. The number of halogens is 1. The van der Waals surface area contributed by atoms with Crippen molar-refractivity contribution in [3.63, 3.8) is 0 Å². The van der Waals surface area contributed by atoms with Gasteiger partial charge in [0.25, 0.3) is 0 Å². The predicted octanol–water partition coefficient (Wildman–Crippen LogP) is 0.971. The lowest BCUT2D eigenvalue weighted by Gasteiger charge is -2.09. The smallest absolute Gasteiger partial charge is 0.240 e. The molecule has 0 atom stereocenters. The molecule has 0 spiro atoms. The minimum Gasteiger partial charge on any atom is -0.398 e. The van der Waals surface area contributed by atoms with Crippen molar-refractivity contribution in [3.8, 4) is 0 Å². The molecule has 0 amide bonds. The SMILES string of the molecule is Cc1c(N)cc(S(=O)(=O)NCCc2cnn(C)c2)cc1F. The first kappa shape index (κ1) is 15.5. The first-order chi connectivity index (χ1) is 9.79. The van der Waals surface area contributed by atoms with Crippen LogP contribution in [-0.4, -0.2) is 24.7 Å². The second-order valence-corrected chi connectivity index (χ2v) is 6.56. The van der Waals surface area contributed by atoms with E-state index < -0.39 is 15.8 Å². The van der Waals surface area contributed by atoms with E-state index in [9.17, 15) is 12.8 Å². The largest absolute Gasteiger partial charge is 0.398 e. The quantitative estimate of drug-likeness (QED) is 0.805. The number of nitrogen functional groups attached to an aromatic ring is 1. The Hall–Kier alpha value is -1.93. The third kappa shape index (κ3) is 3.59. The average molecular weight is 312 g/mol. The minimum atomic E-state index is -3.78. The lowest BCUT2D eigenvalue weighted by atomic mass is 10.2. The molecule has 8 heteroatoms. The summed E-state index contributed by atoms with van der Waals surface area (Å²) in [5.41, 5.74) is 6.86. The Bertz CT molecular complexity index is 732. The normalized spacial score (nSPS) is 11.8. The van der Waals surface area contributed by atoms with Gasteiger partial charge in [0, 0.05) is 31.0 Å². The summed E-state index contributed by atoms with van der Waals surface area (Å²) in [6.45, 7) is 1.69. The van der Waals surface area contributed by atoms with Gasteiger partial charge in [-0.25, -0.2) is 17.5 Å². The van der Waals surface area contributed by atoms with Gasteiger partial charge in [-0.1, -0.05) is 0 Å².